The molecule has 0 aliphatic rings. The Morgan fingerprint density at radius 2 is 1.16 bits per heavy atom. The zero-order chi connectivity index (χ0) is 28.8. The van der Waals surface area contributed by atoms with Gasteiger partial charge in [0.15, 0.2) is 0 Å². The van der Waals surface area contributed by atoms with Crippen LogP contribution in [-0.4, -0.2) is 86.2 Å². The number of hydrogen-bond acceptors (Lipinski definition) is 8. The Morgan fingerprint density at radius 3 is 1.68 bits per heavy atom. The van der Waals surface area contributed by atoms with E-state index in [0.29, 0.717) is 5.56 Å². The van der Waals surface area contributed by atoms with Crippen LogP contribution in [0.25, 0.3) is 0 Å². The second kappa shape index (κ2) is 15.6. The number of carboxylic acids is 4. The molecular weight excluding hydrogens is 508 g/mol. The van der Waals surface area contributed by atoms with Crippen molar-refractivity contribution in [3.05, 3.63) is 35.9 Å². The van der Waals surface area contributed by atoms with E-state index in [9.17, 15) is 38.7 Å². The van der Waals surface area contributed by atoms with Gasteiger partial charge in [-0.25, -0.2) is 4.79 Å². The Labute approximate surface area is 216 Å². The lowest BCUT2D eigenvalue weighted by Gasteiger charge is -2.25. The molecule has 1 rings (SSSR count). The van der Waals surface area contributed by atoms with E-state index < -0.39 is 91.4 Å². The molecule has 9 N–H and O–H groups in total. The summed E-state index contributed by atoms with van der Waals surface area (Å²) in [5, 5.41) is 42.5. The molecule has 0 aromatic heterocycles. The van der Waals surface area contributed by atoms with Crippen LogP contribution in [0.2, 0.25) is 0 Å². The van der Waals surface area contributed by atoms with Gasteiger partial charge in [0, 0.05) is 19.3 Å². The number of nitrogens with one attached hydrogen (secondary N) is 3. The van der Waals surface area contributed by atoms with E-state index in [2.05, 4.69) is 10.6 Å². The second-order valence-electron chi connectivity index (χ2n) is 8.28. The van der Waals surface area contributed by atoms with Crippen molar-refractivity contribution in [3.8, 4) is 0 Å². The molecular formula is C23H30N4O11. The largest absolute Gasteiger partial charge is 0.481 e. The topological polar surface area (TPSA) is 263 Å². The van der Waals surface area contributed by atoms with Gasteiger partial charge in [-0.15, -0.1) is 0 Å². The number of carbonyl (C=O) groups is 7. The molecule has 4 unspecified atom stereocenters. The molecule has 0 heterocycles. The lowest BCUT2D eigenvalue weighted by atomic mass is 10.0. The highest BCUT2D eigenvalue weighted by molar-refractivity contribution is 5.95. The molecule has 1 aromatic carbocycles. The van der Waals surface area contributed by atoms with Crippen LogP contribution in [0.4, 0.5) is 0 Å². The summed E-state index contributed by atoms with van der Waals surface area (Å²) in [6.07, 6.45) is -2.76. The summed E-state index contributed by atoms with van der Waals surface area (Å²) in [5.74, 6) is -8.61. The zero-order valence-electron chi connectivity index (χ0n) is 20.2. The van der Waals surface area contributed by atoms with E-state index in [1.165, 1.54) is 0 Å². The van der Waals surface area contributed by atoms with Gasteiger partial charge in [0.25, 0.3) is 0 Å². The van der Waals surface area contributed by atoms with E-state index in [-0.39, 0.29) is 12.8 Å². The van der Waals surface area contributed by atoms with Gasteiger partial charge in [-0.1, -0.05) is 30.3 Å². The molecule has 0 radical (unpaired) electrons. The molecule has 0 aliphatic carbocycles. The van der Waals surface area contributed by atoms with Crippen molar-refractivity contribution >= 4 is 41.6 Å². The summed E-state index contributed by atoms with van der Waals surface area (Å²) in [7, 11) is 0. The fourth-order valence-corrected chi connectivity index (χ4v) is 3.20. The molecule has 4 atom stereocenters. The number of carbonyl (C=O) groups excluding carboxylic acids is 3. The van der Waals surface area contributed by atoms with E-state index in [0.717, 1.165) is 0 Å². The highest BCUT2D eigenvalue weighted by atomic mass is 16.4. The summed E-state index contributed by atoms with van der Waals surface area (Å²) < 4.78 is 0. The Morgan fingerprint density at radius 1 is 0.658 bits per heavy atom. The highest BCUT2D eigenvalue weighted by Crippen LogP contribution is 2.07. The van der Waals surface area contributed by atoms with Crippen LogP contribution in [0.1, 0.15) is 37.7 Å². The Kier molecular flexibility index (Phi) is 12.9. The molecule has 0 bridgehead atoms. The molecule has 1 aromatic rings. The van der Waals surface area contributed by atoms with Crippen molar-refractivity contribution in [3.63, 3.8) is 0 Å². The fourth-order valence-electron chi connectivity index (χ4n) is 3.20. The van der Waals surface area contributed by atoms with Gasteiger partial charge in [-0.2, -0.15) is 0 Å². The fraction of sp³-hybridized carbons (Fsp3) is 0.435. The first-order chi connectivity index (χ1) is 17.8. The summed E-state index contributed by atoms with van der Waals surface area (Å²) in [6.45, 7) is 0. The maximum absolute atomic E-state index is 13.1. The zero-order valence-corrected chi connectivity index (χ0v) is 20.2. The van der Waals surface area contributed by atoms with Crippen molar-refractivity contribution in [1.29, 1.82) is 0 Å². The maximum Gasteiger partial charge on any atom is 0.326 e. The Balaban J connectivity index is 3.13. The molecule has 0 saturated heterocycles. The first kappa shape index (κ1) is 31.5. The van der Waals surface area contributed by atoms with Gasteiger partial charge >= 0.3 is 23.9 Å². The van der Waals surface area contributed by atoms with Crippen molar-refractivity contribution in [1.82, 2.24) is 16.0 Å². The van der Waals surface area contributed by atoms with Gasteiger partial charge in [-0.05, 0) is 18.4 Å². The van der Waals surface area contributed by atoms with E-state index in [1.807, 2.05) is 5.32 Å². The van der Waals surface area contributed by atoms with Crippen LogP contribution in [0, 0.1) is 0 Å². The van der Waals surface area contributed by atoms with Crippen LogP contribution < -0.4 is 21.7 Å². The second-order valence-corrected chi connectivity index (χ2v) is 8.28. The number of carboxylic acid groups (broad SMARTS) is 4. The third kappa shape index (κ3) is 11.9. The number of benzene rings is 1. The van der Waals surface area contributed by atoms with E-state index in [1.54, 1.807) is 30.3 Å². The molecule has 0 saturated carbocycles. The van der Waals surface area contributed by atoms with Crippen LogP contribution in [0.5, 0.6) is 0 Å². The molecule has 15 nitrogen and oxygen atoms in total. The number of nitrogens with two attached hydrogens (primary N) is 1. The number of hydrogen-bond donors (Lipinski definition) is 8. The SMILES string of the molecule is NC(CCC(=O)O)C(=O)NC(Cc1ccccc1)C(=O)NC(CCC(=O)O)C(=O)NC(CC(=O)O)C(=O)O. The van der Waals surface area contributed by atoms with Gasteiger partial charge < -0.3 is 42.1 Å². The van der Waals surface area contributed by atoms with Crippen LogP contribution in [0.3, 0.4) is 0 Å². The minimum Gasteiger partial charge on any atom is -0.481 e. The van der Waals surface area contributed by atoms with Crippen molar-refractivity contribution in [2.24, 2.45) is 5.73 Å². The van der Waals surface area contributed by atoms with Gasteiger partial charge in [-0.3, -0.25) is 28.8 Å². The Hall–Kier alpha value is -4.53. The molecule has 0 aliphatic heterocycles. The highest BCUT2D eigenvalue weighted by Gasteiger charge is 2.31. The summed E-state index contributed by atoms with van der Waals surface area (Å²) >= 11 is 0. The van der Waals surface area contributed by atoms with Crippen LogP contribution in [0.15, 0.2) is 30.3 Å². The average molecular weight is 539 g/mol. The summed E-state index contributed by atoms with van der Waals surface area (Å²) in [5.41, 5.74) is 6.31. The van der Waals surface area contributed by atoms with Gasteiger partial charge in [0.2, 0.25) is 17.7 Å². The maximum atomic E-state index is 13.1. The number of aliphatic carboxylic acids is 4. The van der Waals surface area contributed by atoms with Crippen LogP contribution >= 0.6 is 0 Å². The van der Waals surface area contributed by atoms with Gasteiger partial charge in [0.05, 0.1) is 12.5 Å². The molecule has 0 spiro atoms. The molecule has 3 amide bonds. The third-order valence-corrected chi connectivity index (χ3v) is 5.19. The summed E-state index contributed by atoms with van der Waals surface area (Å²) in [6, 6.07) is 2.29. The van der Waals surface area contributed by atoms with Crippen LogP contribution in [-0.2, 0) is 40.0 Å². The number of amides is 3. The van der Waals surface area contributed by atoms with Crippen molar-refractivity contribution in [2.45, 2.75) is 62.7 Å². The first-order valence-corrected chi connectivity index (χ1v) is 11.4. The lowest BCUT2D eigenvalue weighted by molar-refractivity contribution is -0.147. The van der Waals surface area contributed by atoms with Crippen molar-refractivity contribution in [2.75, 3.05) is 0 Å². The van der Waals surface area contributed by atoms with E-state index >= 15 is 0 Å². The molecule has 0 fully saturated rings. The Bertz CT molecular complexity index is 1030. The standard InChI is InChI=1S/C23H30N4O11/c24-13(6-8-17(28)29)20(34)26-15(10-12-4-2-1-3-5-12)22(36)25-14(7-9-18(30)31)21(35)27-16(23(37)38)11-19(32)33/h1-5,13-16H,6-11,24H2,(H,25,36)(H,26,34)(H,27,35)(H,28,29)(H,30,31)(H,32,33)(H,37,38). The minimum atomic E-state index is -1.85. The van der Waals surface area contributed by atoms with E-state index in [4.69, 9.17) is 21.1 Å². The lowest BCUT2D eigenvalue weighted by Crippen LogP contribution is -2.57. The smallest absolute Gasteiger partial charge is 0.326 e. The first-order valence-electron chi connectivity index (χ1n) is 11.4. The molecule has 15 heteroatoms. The quantitative estimate of drug-likeness (QED) is 0.110. The predicted molar refractivity (Wildman–Crippen MR) is 128 cm³/mol. The monoisotopic (exact) mass is 538 g/mol. The van der Waals surface area contributed by atoms with Gasteiger partial charge in [0.1, 0.15) is 18.1 Å². The average Bonchev–Trinajstić information content (AvgIpc) is 2.83. The van der Waals surface area contributed by atoms with Crippen molar-refractivity contribution < 1.29 is 54.0 Å². The third-order valence-electron chi connectivity index (χ3n) is 5.19. The number of rotatable bonds is 17. The minimum absolute atomic E-state index is 0.0892. The predicted octanol–water partition coefficient (Wildman–Crippen LogP) is -1.70. The summed E-state index contributed by atoms with van der Waals surface area (Å²) in [4.78, 5) is 82.4. The normalized spacial score (nSPS) is 13.7. The molecule has 208 valence electrons. The molecule has 38 heavy (non-hydrogen) atoms.